The molecule has 0 saturated heterocycles. The highest BCUT2D eigenvalue weighted by Crippen LogP contribution is 2.14. The number of nitrogens with zero attached hydrogens (tertiary/aromatic N) is 1. The zero-order valence-electron chi connectivity index (χ0n) is 9.99. The fourth-order valence-corrected chi connectivity index (χ4v) is 1.63. The lowest BCUT2D eigenvalue weighted by molar-refractivity contribution is 0.181. The van der Waals surface area contributed by atoms with Crippen LogP contribution in [0, 0.1) is 5.82 Å². The Kier molecular flexibility index (Phi) is 5.26. The van der Waals surface area contributed by atoms with Crippen LogP contribution in [-0.4, -0.2) is 24.8 Å². The molecule has 0 amide bonds. The molecular formula is C13H20FNO. The molecule has 90 valence electrons. The lowest BCUT2D eigenvalue weighted by atomic mass is 10.1. The van der Waals surface area contributed by atoms with Crippen LogP contribution >= 0.6 is 0 Å². The number of anilines is 1. The van der Waals surface area contributed by atoms with Gasteiger partial charge in [0.1, 0.15) is 5.82 Å². The Hall–Kier alpha value is -1.09. The van der Waals surface area contributed by atoms with Crippen molar-refractivity contribution < 1.29 is 9.50 Å². The first-order valence-corrected chi connectivity index (χ1v) is 5.74. The van der Waals surface area contributed by atoms with Gasteiger partial charge in [-0.1, -0.05) is 6.07 Å². The average Bonchev–Trinajstić information content (AvgIpc) is 2.24. The number of hydrogen-bond donors (Lipinski definition) is 1. The van der Waals surface area contributed by atoms with Crippen LogP contribution in [0.4, 0.5) is 10.1 Å². The maximum absolute atomic E-state index is 13.0. The smallest absolute Gasteiger partial charge is 0.125 e. The second kappa shape index (κ2) is 6.48. The molecule has 0 aliphatic carbocycles. The van der Waals surface area contributed by atoms with E-state index in [-0.39, 0.29) is 11.9 Å². The van der Waals surface area contributed by atoms with Gasteiger partial charge in [-0.3, -0.25) is 0 Å². The quantitative estimate of drug-likeness (QED) is 0.752. The van der Waals surface area contributed by atoms with Crippen LogP contribution in [0.5, 0.6) is 0 Å². The highest BCUT2D eigenvalue weighted by molar-refractivity contribution is 5.45. The molecule has 0 bridgehead atoms. The van der Waals surface area contributed by atoms with E-state index in [2.05, 4.69) is 0 Å². The number of unbranched alkanes of at least 4 members (excludes halogenated alkanes) is 1. The van der Waals surface area contributed by atoms with E-state index in [0.717, 1.165) is 31.5 Å². The van der Waals surface area contributed by atoms with E-state index in [4.69, 9.17) is 5.11 Å². The summed E-state index contributed by atoms with van der Waals surface area (Å²) in [5.41, 5.74) is 0.900. The maximum Gasteiger partial charge on any atom is 0.125 e. The van der Waals surface area contributed by atoms with Crippen molar-refractivity contribution in [3.8, 4) is 0 Å². The lowest BCUT2D eigenvalue weighted by Gasteiger charge is -2.19. The van der Waals surface area contributed by atoms with Crippen molar-refractivity contribution in [2.24, 2.45) is 0 Å². The van der Waals surface area contributed by atoms with Crippen molar-refractivity contribution in [3.63, 3.8) is 0 Å². The third-order valence-corrected chi connectivity index (χ3v) is 2.61. The molecule has 16 heavy (non-hydrogen) atoms. The summed E-state index contributed by atoms with van der Waals surface area (Å²) in [6.45, 7) is 2.69. The van der Waals surface area contributed by atoms with Crippen LogP contribution in [0.2, 0.25) is 0 Å². The van der Waals surface area contributed by atoms with Gasteiger partial charge in [-0.25, -0.2) is 4.39 Å². The summed E-state index contributed by atoms with van der Waals surface area (Å²) in [7, 11) is 1.96. The molecule has 2 nitrogen and oxygen atoms in total. The molecule has 0 spiro atoms. The topological polar surface area (TPSA) is 23.5 Å². The largest absolute Gasteiger partial charge is 0.393 e. The van der Waals surface area contributed by atoms with Crippen molar-refractivity contribution in [2.75, 3.05) is 18.5 Å². The molecule has 0 aliphatic heterocycles. The standard InChI is InChI=1S/C13H20FNO/c1-11(16)6-3-4-9-15(2)13-8-5-7-12(14)10-13/h5,7-8,10-11,16H,3-4,6,9H2,1-2H3. The second-order valence-corrected chi connectivity index (χ2v) is 4.25. The average molecular weight is 225 g/mol. The zero-order valence-corrected chi connectivity index (χ0v) is 9.99. The Balaban J connectivity index is 2.32. The van der Waals surface area contributed by atoms with Crippen LogP contribution in [0.3, 0.4) is 0 Å². The third kappa shape index (κ3) is 4.62. The first-order valence-electron chi connectivity index (χ1n) is 5.74. The van der Waals surface area contributed by atoms with Gasteiger partial charge in [0.15, 0.2) is 0 Å². The van der Waals surface area contributed by atoms with E-state index in [0.29, 0.717) is 0 Å². The number of aliphatic hydroxyl groups excluding tert-OH is 1. The van der Waals surface area contributed by atoms with E-state index in [9.17, 15) is 4.39 Å². The minimum atomic E-state index is -0.223. The highest BCUT2D eigenvalue weighted by Gasteiger charge is 2.02. The SMILES string of the molecule is CC(O)CCCCN(C)c1cccc(F)c1. The van der Waals surface area contributed by atoms with Gasteiger partial charge in [0.25, 0.3) is 0 Å². The molecule has 0 radical (unpaired) electrons. The maximum atomic E-state index is 13.0. The number of aliphatic hydroxyl groups is 1. The Bertz CT molecular complexity index is 315. The first-order chi connectivity index (χ1) is 7.59. The fraction of sp³-hybridized carbons (Fsp3) is 0.538. The third-order valence-electron chi connectivity index (χ3n) is 2.61. The van der Waals surface area contributed by atoms with Crippen LogP contribution in [-0.2, 0) is 0 Å². The summed E-state index contributed by atoms with van der Waals surface area (Å²) < 4.78 is 13.0. The van der Waals surface area contributed by atoms with Gasteiger partial charge in [0, 0.05) is 19.3 Å². The molecule has 0 saturated carbocycles. The molecule has 3 heteroatoms. The summed E-state index contributed by atoms with van der Waals surface area (Å²) in [6, 6.07) is 6.61. The molecule has 1 rings (SSSR count). The minimum absolute atomic E-state index is 0.201. The van der Waals surface area contributed by atoms with Gasteiger partial charge in [-0.05, 0) is 44.4 Å². The van der Waals surface area contributed by atoms with Gasteiger partial charge < -0.3 is 10.0 Å². The zero-order chi connectivity index (χ0) is 12.0. The Morgan fingerprint density at radius 1 is 1.38 bits per heavy atom. The number of benzene rings is 1. The molecule has 1 aromatic carbocycles. The van der Waals surface area contributed by atoms with E-state index in [1.54, 1.807) is 13.0 Å². The molecule has 0 fully saturated rings. The molecule has 0 heterocycles. The van der Waals surface area contributed by atoms with Crippen molar-refractivity contribution >= 4 is 5.69 Å². The van der Waals surface area contributed by atoms with Crippen molar-refractivity contribution in [1.29, 1.82) is 0 Å². The van der Waals surface area contributed by atoms with Gasteiger partial charge in [-0.15, -0.1) is 0 Å². The Morgan fingerprint density at radius 2 is 2.12 bits per heavy atom. The van der Waals surface area contributed by atoms with Crippen molar-refractivity contribution in [3.05, 3.63) is 30.1 Å². The lowest BCUT2D eigenvalue weighted by Crippen LogP contribution is -2.18. The van der Waals surface area contributed by atoms with E-state index in [1.165, 1.54) is 12.1 Å². The molecule has 0 aliphatic rings. The van der Waals surface area contributed by atoms with Gasteiger partial charge in [-0.2, -0.15) is 0 Å². The van der Waals surface area contributed by atoms with Gasteiger partial charge >= 0.3 is 0 Å². The van der Waals surface area contributed by atoms with Crippen LogP contribution in [0.1, 0.15) is 26.2 Å². The normalized spacial score (nSPS) is 12.5. The molecule has 1 aromatic rings. The number of hydrogen-bond acceptors (Lipinski definition) is 2. The molecular weight excluding hydrogens is 205 g/mol. The van der Waals surface area contributed by atoms with Gasteiger partial charge in [0.2, 0.25) is 0 Å². The summed E-state index contributed by atoms with van der Waals surface area (Å²) >= 11 is 0. The predicted octanol–water partition coefficient (Wildman–Crippen LogP) is 2.81. The van der Waals surface area contributed by atoms with Gasteiger partial charge in [0.05, 0.1) is 6.10 Å². The van der Waals surface area contributed by atoms with E-state index in [1.807, 2.05) is 18.0 Å². The highest BCUT2D eigenvalue weighted by atomic mass is 19.1. The summed E-state index contributed by atoms with van der Waals surface area (Å²) in [5, 5.41) is 9.11. The predicted molar refractivity (Wildman–Crippen MR) is 65.2 cm³/mol. The molecule has 1 unspecified atom stereocenters. The van der Waals surface area contributed by atoms with Crippen molar-refractivity contribution in [1.82, 2.24) is 0 Å². The number of rotatable bonds is 6. The molecule has 0 aromatic heterocycles. The monoisotopic (exact) mass is 225 g/mol. The Labute approximate surface area is 96.7 Å². The summed E-state index contributed by atoms with van der Waals surface area (Å²) in [6.07, 6.45) is 2.62. The first kappa shape index (κ1) is 13.0. The summed E-state index contributed by atoms with van der Waals surface area (Å²) in [4.78, 5) is 2.03. The molecule has 1 N–H and O–H groups in total. The second-order valence-electron chi connectivity index (χ2n) is 4.25. The van der Waals surface area contributed by atoms with Crippen LogP contribution in [0.15, 0.2) is 24.3 Å². The van der Waals surface area contributed by atoms with E-state index < -0.39 is 0 Å². The number of halogens is 1. The molecule has 1 atom stereocenters. The van der Waals surface area contributed by atoms with Crippen molar-refractivity contribution in [2.45, 2.75) is 32.3 Å². The van der Waals surface area contributed by atoms with Crippen LogP contribution in [0.25, 0.3) is 0 Å². The van der Waals surface area contributed by atoms with Crippen LogP contribution < -0.4 is 4.90 Å². The fourth-order valence-electron chi connectivity index (χ4n) is 1.63. The van der Waals surface area contributed by atoms with E-state index >= 15 is 0 Å². The summed E-state index contributed by atoms with van der Waals surface area (Å²) in [5.74, 6) is -0.201. The Morgan fingerprint density at radius 3 is 2.75 bits per heavy atom. The minimum Gasteiger partial charge on any atom is -0.393 e.